The molecule has 3 heterocycles. The summed E-state index contributed by atoms with van der Waals surface area (Å²) < 4.78 is 31.7. The van der Waals surface area contributed by atoms with E-state index < -0.39 is 12.1 Å². The molecule has 28 heavy (non-hydrogen) atoms. The Bertz CT molecular complexity index is 758. The molecular formula is C16H21F3N6O2S. The lowest BCUT2D eigenvalue weighted by Crippen LogP contribution is -2.44. The van der Waals surface area contributed by atoms with Gasteiger partial charge in [0.1, 0.15) is 0 Å². The smallest absolute Gasteiger partial charge is 0.475 e. The summed E-state index contributed by atoms with van der Waals surface area (Å²) in [6, 6.07) is 2.26. The Morgan fingerprint density at radius 1 is 1.39 bits per heavy atom. The van der Waals surface area contributed by atoms with Crippen molar-refractivity contribution in [1.29, 1.82) is 0 Å². The van der Waals surface area contributed by atoms with Crippen LogP contribution in [0.2, 0.25) is 0 Å². The van der Waals surface area contributed by atoms with E-state index in [1.807, 2.05) is 12.3 Å². The zero-order valence-electron chi connectivity index (χ0n) is 15.1. The molecule has 8 nitrogen and oxygen atoms in total. The molecule has 1 saturated heterocycles. The van der Waals surface area contributed by atoms with Crippen LogP contribution in [0.3, 0.4) is 0 Å². The maximum Gasteiger partial charge on any atom is 0.490 e. The standard InChI is InChI=1S/C14H20N6S.C2HF3O2/c1-10-8-20(9-11-7-18-13(15)21-11)6-3-12(10)19-14-16-4-2-5-17-14;3-2(4,5)1(6)7/h2,4-5,7,10,12H,3,6,8-9H2,1H3,(H2,15,18)(H,16,17,19);(H,6,7). The average Bonchev–Trinajstić information content (AvgIpc) is 3.03. The molecule has 2 atom stereocenters. The number of alkyl halides is 3. The number of aromatic nitrogens is 3. The summed E-state index contributed by atoms with van der Waals surface area (Å²) in [4.78, 5) is 25.2. The maximum atomic E-state index is 10.6. The number of carboxylic acids is 1. The number of nitrogens with zero attached hydrogens (tertiary/aromatic N) is 4. The molecule has 12 heteroatoms. The van der Waals surface area contributed by atoms with Crippen LogP contribution in [0.4, 0.5) is 24.3 Å². The lowest BCUT2D eigenvalue weighted by Gasteiger charge is -2.37. The molecule has 0 bridgehead atoms. The van der Waals surface area contributed by atoms with Crippen molar-refractivity contribution in [2.24, 2.45) is 5.92 Å². The molecule has 0 aliphatic carbocycles. The fraction of sp³-hybridized carbons (Fsp3) is 0.500. The monoisotopic (exact) mass is 418 g/mol. The molecule has 1 aliphatic rings. The van der Waals surface area contributed by atoms with Crippen molar-refractivity contribution < 1.29 is 23.1 Å². The molecule has 2 aromatic heterocycles. The SMILES string of the molecule is CC1CN(Cc2cnc(N)s2)CCC1Nc1ncccn1.O=C(O)C(F)(F)F. The van der Waals surface area contributed by atoms with E-state index in [0.29, 0.717) is 17.1 Å². The number of likely N-dealkylation sites (tertiary alicyclic amines) is 1. The zero-order chi connectivity index (χ0) is 20.7. The van der Waals surface area contributed by atoms with Gasteiger partial charge >= 0.3 is 12.1 Å². The highest BCUT2D eigenvalue weighted by atomic mass is 32.1. The molecule has 1 aliphatic heterocycles. The Labute approximate surface area is 163 Å². The molecule has 1 fully saturated rings. The number of thiazole rings is 1. The number of nitrogen functional groups attached to an aromatic ring is 1. The number of nitrogens with one attached hydrogen (secondary N) is 1. The predicted molar refractivity (Wildman–Crippen MR) is 98.7 cm³/mol. The van der Waals surface area contributed by atoms with E-state index in [0.717, 1.165) is 32.0 Å². The highest BCUT2D eigenvalue weighted by Crippen LogP contribution is 2.23. The van der Waals surface area contributed by atoms with Crippen LogP contribution >= 0.6 is 11.3 Å². The number of hydrogen-bond acceptors (Lipinski definition) is 8. The number of anilines is 2. The molecule has 2 aromatic rings. The van der Waals surface area contributed by atoms with Crippen molar-refractivity contribution in [3.05, 3.63) is 29.5 Å². The van der Waals surface area contributed by atoms with Gasteiger partial charge in [-0.05, 0) is 18.4 Å². The van der Waals surface area contributed by atoms with Crippen molar-refractivity contribution >= 4 is 28.4 Å². The molecular weight excluding hydrogens is 397 g/mol. The average molecular weight is 418 g/mol. The highest BCUT2D eigenvalue weighted by molar-refractivity contribution is 7.15. The summed E-state index contributed by atoms with van der Waals surface area (Å²) in [7, 11) is 0. The number of rotatable bonds is 4. The van der Waals surface area contributed by atoms with E-state index in [2.05, 4.69) is 32.1 Å². The van der Waals surface area contributed by atoms with Crippen LogP contribution in [0.5, 0.6) is 0 Å². The van der Waals surface area contributed by atoms with Crippen LogP contribution in [0.15, 0.2) is 24.7 Å². The molecule has 154 valence electrons. The largest absolute Gasteiger partial charge is 0.490 e. The van der Waals surface area contributed by atoms with Gasteiger partial charge in [-0.2, -0.15) is 13.2 Å². The van der Waals surface area contributed by atoms with E-state index in [1.165, 1.54) is 4.88 Å². The summed E-state index contributed by atoms with van der Waals surface area (Å²) in [5.74, 6) is -1.49. The second-order valence-electron chi connectivity index (χ2n) is 6.29. The summed E-state index contributed by atoms with van der Waals surface area (Å²) >= 11 is 1.58. The van der Waals surface area contributed by atoms with E-state index >= 15 is 0 Å². The van der Waals surface area contributed by atoms with Gasteiger partial charge in [0.25, 0.3) is 0 Å². The van der Waals surface area contributed by atoms with Gasteiger partial charge in [-0.3, -0.25) is 4.90 Å². The van der Waals surface area contributed by atoms with E-state index in [9.17, 15) is 13.2 Å². The van der Waals surface area contributed by atoms with Crippen molar-refractivity contribution in [3.8, 4) is 0 Å². The molecule has 3 rings (SSSR count). The first kappa shape index (κ1) is 21.8. The van der Waals surface area contributed by atoms with Crippen molar-refractivity contribution in [2.45, 2.75) is 32.1 Å². The second kappa shape index (κ2) is 9.64. The molecule has 0 spiro atoms. The van der Waals surface area contributed by atoms with Crippen molar-refractivity contribution in [2.75, 3.05) is 24.1 Å². The van der Waals surface area contributed by atoms with E-state index in [4.69, 9.17) is 15.6 Å². The van der Waals surface area contributed by atoms with Gasteiger partial charge in [0.2, 0.25) is 5.95 Å². The van der Waals surface area contributed by atoms with Gasteiger partial charge < -0.3 is 16.2 Å². The predicted octanol–water partition coefficient (Wildman–Crippen LogP) is 2.47. The molecule has 4 N–H and O–H groups in total. The van der Waals surface area contributed by atoms with Crippen LogP contribution in [0, 0.1) is 5.92 Å². The van der Waals surface area contributed by atoms with Gasteiger partial charge in [0, 0.05) is 49.1 Å². The minimum atomic E-state index is -5.08. The van der Waals surface area contributed by atoms with Gasteiger partial charge in [-0.15, -0.1) is 11.3 Å². The number of carboxylic acid groups (broad SMARTS) is 1. The zero-order valence-corrected chi connectivity index (χ0v) is 15.9. The second-order valence-corrected chi connectivity index (χ2v) is 7.44. The maximum absolute atomic E-state index is 10.6. The van der Waals surface area contributed by atoms with Crippen LogP contribution in [-0.4, -0.2) is 56.2 Å². The van der Waals surface area contributed by atoms with Crippen molar-refractivity contribution in [1.82, 2.24) is 19.9 Å². The summed E-state index contributed by atoms with van der Waals surface area (Å²) in [6.45, 7) is 5.33. The van der Waals surface area contributed by atoms with Crippen LogP contribution in [0.25, 0.3) is 0 Å². The van der Waals surface area contributed by atoms with Gasteiger partial charge in [-0.25, -0.2) is 19.7 Å². The molecule has 0 amide bonds. The van der Waals surface area contributed by atoms with E-state index in [-0.39, 0.29) is 0 Å². The number of piperidine rings is 1. The van der Waals surface area contributed by atoms with Gasteiger partial charge in [0.15, 0.2) is 5.13 Å². The fourth-order valence-corrected chi connectivity index (χ4v) is 3.47. The molecule has 0 aromatic carbocycles. The van der Waals surface area contributed by atoms with Gasteiger partial charge in [0.05, 0.1) is 0 Å². The number of halogens is 3. The number of carbonyl (C=O) groups is 1. The first-order chi connectivity index (χ1) is 13.1. The Hall–Kier alpha value is -2.47. The van der Waals surface area contributed by atoms with Crippen LogP contribution in [-0.2, 0) is 11.3 Å². The third kappa shape index (κ3) is 6.93. The lowest BCUT2D eigenvalue weighted by molar-refractivity contribution is -0.192. The quantitative estimate of drug-likeness (QED) is 0.693. The minimum absolute atomic E-state index is 0.426. The molecule has 0 saturated carbocycles. The Balaban J connectivity index is 0.000000345. The van der Waals surface area contributed by atoms with Crippen LogP contribution < -0.4 is 11.1 Å². The summed E-state index contributed by atoms with van der Waals surface area (Å²) in [5.41, 5.74) is 5.68. The van der Waals surface area contributed by atoms with E-state index in [1.54, 1.807) is 23.7 Å². The normalized spacial score (nSPS) is 20.1. The van der Waals surface area contributed by atoms with Crippen molar-refractivity contribution in [3.63, 3.8) is 0 Å². The third-order valence-electron chi connectivity index (χ3n) is 4.06. The first-order valence-electron chi connectivity index (χ1n) is 8.41. The first-order valence-corrected chi connectivity index (χ1v) is 9.23. The Morgan fingerprint density at radius 3 is 2.54 bits per heavy atom. The summed E-state index contributed by atoms with van der Waals surface area (Å²) in [6.07, 6.45) is 1.42. The highest BCUT2D eigenvalue weighted by Gasteiger charge is 2.38. The third-order valence-corrected chi connectivity index (χ3v) is 4.87. The van der Waals surface area contributed by atoms with Gasteiger partial charge in [-0.1, -0.05) is 6.92 Å². The van der Waals surface area contributed by atoms with Crippen LogP contribution in [0.1, 0.15) is 18.2 Å². The number of aliphatic carboxylic acids is 1. The molecule has 0 radical (unpaired) electrons. The number of nitrogens with two attached hydrogens (primary N) is 1. The Morgan fingerprint density at radius 2 is 2.04 bits per heavy atom. The fourth-order valence-electron chi connectivity index (χ4n) is 2.75. The minimum Gasteiger partial charge on any atom is -0.475 e. The topological polar surface area (TPSA) is 117 Å². The summed E-state index contributed by atoms with van der Waals surface area (Å²) in [5, 5.41) is 11.2. The molecule has 2 unspecified atom stereocenters. The number of hydrogen-bond donors (Lipinski definition) is 3. The Kier molecular flexibility index (Phi) is 7.52. The lowest BCUT2D eigenvalue weighted by atomic mass is 9.94.